The SMILES string of the molecule is CCOc1ccc(S(=O)(=O)N2CCCCC2)cc1NC(=O)Cn1ccc2cc([N+](=O)[O-])ccc21. The highest BCUT2D eigenvalue weighted by Gasteiger charge is 2.27. The first-order valence-corrected chi connectivity index (χ1v) is 12.5. The molecular weight excluding hydrogens is 460 g/mol. The summed E-state index contributed by atoms with van der Waals surface area (Å²) in [5, 5.41) is 14.4. The Morgan fingerprint density at radius 1 is 1.12 bits per heavy atom. The number of rotatable bonds is 8. The normalized spacial score (nSPS) is 14.7. The van der Waals surface area contributed by atoms with Crippen molar-refractivity contribution in [2.75, 3.05) is 25.0 Å². The number of nitrogens with one attached hydrogen (secondary N) is 1. The second-order valence-electron chi connectivity index (χ2n) is 8.05. The molecule has 0 radical (unpaired) electrons. The van der Waals surface area contributed by atoms with Crippen LogP contribution in [0.2, 0.25) is 0 Å². The van der Waals surface area contributed by atoms with Gasteiger partial charge in [0.25, 0.3) is 5.69 Å². The van der Waals surface area contributed by atoms with Crippen LogP contribution in [0.4, 0.5) is 11.4 Å². The van der Waals surface area contributed by atoms with Gasteiger partial charge in [0, 0.05) is 42.3 Å². The third kappa shape index (κ3) is 4.90. The fourth-order valence-corrected chi connectivity index (χ4v) is 5.63. The monoisotopic (exact) mass is 486 g/mol. The van der Waals surface area contributed by atoms with Gasteiger partial charge >= 0.3 is 0 Å². The summed E-state index contributed by atoms with van der Waals surface area (Å²) in [7, 11) is -3.68. The van der Waals surface area contributed by atoms with Crippen molar-refractivity contribution in [3.05, 3.63) is 58.8 Å². The topological polar surface area (TPSA) is 124 Å². The molecular formula is C23H26N4O6S. The number of carbonyl (C=O) groups is 1. The van der Waals surface area contributed by atoms with Crippen molar-refractivity contribution in [3.63, 3.8) is 0 Å². The zero-order chi connectivity index (χ0) is 24.3. The number of ether oxygens (including phenoxy) is 1. The van der Waals surface area contributed by atoms with Gasteiger partial charge in [0.15, 0.2) is 0 Å². The zero-order valence-electron chi connectivity index (χ0n) is 18.8. The van der Waals surface area contributed by atoms with E-state index in [1.54, 1.807) is 35.9 Å². The standard InChI is InChI=1S/C23H26N4O6S/c1-2-33-22-9-7-19(34(31,32)26-11-4-3-5-12-26)15-20(22)24-23(28)16-25-13-10-17-14-18(27(29)30)6-8-21(17)25/h6-10,13-15H,2-5,11-12,16H2,1H3,(H,24,28). The molecule has 1 amide bonds. The average Bonchev–Trinajstić information content (AvgIpc) is 3.22. The third-order valence-electron chi connectivity index (χ3n) is 5.76. The molecule has 0 saturated carbocycles. The number of hydrogen-bond donors (Lipinski definition) is 1. The zero-order valence-corrected chi connectivity index (χ0v) is 19.6. The van der Waals surface area contributed by atoms with Crippen LogP contribution in [0.1, 0.15) is 26.2 Å². The van der Waals surface area contributed by atoms with Crippen LogP contribution in [0, 0.1) is 10.1 Å². The molecule has 1 aromatic heterocycles. The summed E-state index contributed by atoms with van der Waals surface area (Å²) >= 11 is 0. The maximum Gasteiger partial charge on any atom is 0.270 e. The molecule has 0 unspecified atom stereocenters. The number of nitro groups is 1. The van der Waals surface area contributed by atoms with Crippen LogP contribution >= 0.6 is 0 Å². The van der Waals surface area contributed by atoms with Crippen molar-refractivity contribution < 1.29 is 22.9 Å². The molecule has 2 heterocycles. The summed E-state index contributed by atoms with van der Waals surface area (Å²) < 4.78 is 34.9. The van der Waals surface area contributed by atoms with Gasteiger partial charge in [-0.1, -0.05) is 6.42 Å². The molecule has 0 bridgehead atoms. The van der Waals surface area contributed by atoms with Gasteiger partial charge in [0.1, 0.15) is 12.3 Å². The number of fused-ring (bicyclic) bond motifs is 1. The van der Waals surface area contributed by atoms with E-state index in [9.17, 15) is 23.3 Å². The molecule has 0 aliphatic carbocycles. The summed E-state index contributed by atoms with van der Waals surface area (Å²) in [6.07, 6.45) is 4.34. The first-order chi connectivity index (χ1) is 16.3. The highest BCUT2D eigenvalue weighted by molar-refractivity contribution is 7.89. The molecule has 1 saturated heterocycles. The molecule has 4 rings (SSSR count). The predicted octanol–water partition coefficient (Wildman–Crippen LogP) is 3.76. The summed E-state index contributed by atoms with van der Waals surface area (Å²) in [4.78, 5) is 23.5. The van der Waals surface area contributed by atoms with Gasteiger partial charge < -0.3 is 14.6 Å². The number of benzene rings is 2. The number of amides is 1. The van der Waals surface area contributed by atoms with Crippen molar-refractivity contribution >= 4 is 38.2 Å². The summed E-state index contributed by atoms with van der Waals surface area (Å²) in [5.74, 6) is -0.00856. The van der Waals surface area contributed by atoms with Crippen molar-refractivity contribution in [1.29, 1.82) is 0 Å². The largest absolute Gasteiger partial charge is 0.492 e. The van der Waals surface area contributed by atoms with Crippen LogP contribution in [-0.4, -0.2) is 47.8 Å². The van der Waals surface area contributed by atoms with E-state index in [1.165, 1.54) is 28.6 Å². The Labute approximate surface area is 197 Å². The third-order valence-corrected chi connectivity index (χ3v) is 7.65. The number of carbonyl (C=O) groups excluding carboxylic acids is 1. The molecule has 180 valence electrons. The Morgan fingerprint density at radius 3 is 2.59 bits per heavy atom. The number of anilines is 1. The van der Waals surface area contributed by atoms with E-state index in [2.05, 4.69) is 5.32 Å². The molecule has 11 heteroatoms. The Morgan fingerprint density at radius 2 is 1.88 bits per heavy atom. The predicted molar refractivity (Wildman–Crippen MR) is 127 cm³/mol. The van der Waals surface area contributed by atoms with Gasteiger partial charge in [-0.2, -0.15) is 4.31 Å². The van der Waals surface area contributed by atoms with Gasteiger partial charge in [-0.15, -0.1) is 0 Å². The van der Waals surface area contributed by atoms with Crippen molar-refractivity contribution in [3.8, 4) is 5.75 Å². The first-order valence-electron chi connectivity index (χ1n) is 11.1. The number of piperidine rings is 1. The highest BCUT2D eigenvalue weighted by atomic mass is 32.2. The minimum atomic E-state index is -3.68. The van der Waals surface area contributed by atoms with Gasteiger partial charge in [-0.25, -0.2) is 8.42 Å². The van der Waals surface area contributed by atoms with Crippen molar-refractivity contribution in [2.24, 2.45) is 0 Å². The van der Waals surface area contributed by atoms with E-state index in [0.29, 0.717) is 36.3 Å². The van der Waals surface area contributed by atoms with E-state index < -0.39 is 14.9 Å². The van der Waals surface area contributed by atoms with Crippen LogP contribution in [-0.2, 0) is 21.4 Å². The Kier molecular flexibility index (Phi) is 6.85. The Hall–Kier alpha value is -3.44. The number of nitrogens with zero attached hydrogens (tertiary/aromatic N) is 3. The van der Waals surface area contributed by atoms with E-state index in [0.717, 1.165) is 19.3 Å². The first kappa shape index (κ1) is 23.7. The fourth-order valence-electron chi connectivity index (χ4n) is 4.09. The van der Waals surface area contributed by atoms with Gasteiger partial charge in [-0.3, -0.25) is 14.9 Å². The number of sulfonamides is 1. The van der Waals surface area contributed by atoms with Crippen LogP contribution in [0.3, 0.4) is 0 Å². The number of nitro benzene ring substituents is 1. The lowest BCUT2D eigenvalue weighted by Gasteiger charge is -2.26. The summed E-state index contributed by atoms with van der Waals surface area (Å²) in [6.45, 7) is 3.05. The lowest BCUT2D eigenvalue weighted by atomic mass is 10.2. The van der Waals surface area contributed by atoms with Gasteiger partial charge in [0.2, 0.25) is 15.9 Å². The minimum Gasteiger partial charge on any atom is -0.492 e. The molecule has 1 aliphatic heterocycles. The Balaban J connectivity index is 1.57. The molecule has 0 spiro atoms. The molecule has 1 N–H and O–H groups in total. The van der Waals surface area contributed by atoms with Crippen LogP contribution in [0.25, 0.3) is 10.9 Å². The maximum atomic E-state index is 13.1. The van der Waals surface area contributed by atoms with Crippen molar-refractivity contribution in [1.82, 2.24) is 8.87 Å². The molecule has 1 aliphatic rings. The fraction of sp³-hybridized carbons (Fsp3) is 0.348. The van der Waals surface area contributed by atoms with Crippen LogP contribution < -0.4 is 10.1 Å². The quantitative estimate of drug-likeness (QED) is 0.382. The molecule has 34 heavy (non-hydrogen) atoms. The molecule has 0 atom stereocenters. The van der Waals surface area contributed by atoms with E-state index in [4.69, 9.17) is 4.74 Å². The second-order valence-corrected chi connectivity index (χ2v) is 9.99. The van der Waals surface area contributed by atoms with Crippen LogP contribution in [0.5, 0.6) is 5.75 Å². The smallest absolute Gasteiger partial charge is 0.270 e. The summed E-state index contributed by atoms with van der Waals surface area (Å²) in [6, 6.07) is 10.6. The molecule has 10 nitrogen and oxygen atoms in total. The highest BCUT2D eigenvalue weighted by Crippen LogP contribution is 2.30. The number of hydrogen-bond acceptors (Lipinski definition) is 6. The average molecular weight is 487 g/mol. The molecule has 2 aromatic carbocycles. The molecule has 3 aromatic rings. The van der Waals surface area contributed by atoms with Crippen molar-refractivity contribution in [2.45, 2.75) is 37.6 Å². The number of aromatic nitrogens is 1. The maximum absolute atomic E-state index is 13.1. The van der Waals surface area contributed by atoms with E-state index in [1.807, 2.05) is 0 Å². The lowest BCUT2D eigenvalue weighted by molar-refractivity contribution is -0.384. The van der Waals surface area contributed by atoms with Gasteiger partial charge in [0.05, 0.1) is 22.1 Å². The van der Waals surface area contributed by atoms with Gasteiger partial charge in [-0.05, 0) is 50.1 Å². The Bertz CT molecular complexity index is 1330. The number of non-ortho nitro benzene ring substituents is 1. The lowest BCUT2D eigenvalue weighted by Crippen LogP contribution is -2.35. The minimum absolute atomic E-state index is 0.0252. The van der Waals surface area contributed by atoms with E-state index >= 15 is 0 Å². The van der Waals surface area contributed by atoms with Crippen LogP contribution in [0.15, 0.2) is 53.6 Å². The second kappa shape index (κ2) is 9.82. The summed E-state index contributed by atoms with van der Waals surface area (Å²) in [5.41, 5.74) is 0.923. The van der Waals surface area contributed by atoms with E-state index in [-0.39, 0.29) is 28.7 Å². The molecule has 1 fully saturated rings.